The Hall–Kier alpha value is -2.07. The van der Waals surface area contributed by atoms with Gasteiger partial charge in [-0.15, -0.1) is 16.4 Å². The number of hydrogen-bond donors (Lipinski definition) is 3. The van der Waals surface area contributed by atoms with Crippen molar-refractivity contribution in [3.8, 4) is 10.7 Å². The molecule has 238 valence electrons. The molecule has 0 radical (unpaired) electrons. The Morgan fingerprint density at radius 1 is 1.20 bits per heavy atom. The number of H-pyrrole nitrogens is 1. The number of ether oxygens (including phenoxy) is 1. The maximum absolute atomic E-state index is 15.9. The number of hydrogen-bond acceptors (Lipinski definition) is 14. The number of nitrogens with one attached hydrogen (secondary N) is 1. The van der Waals surface area contributed by atoms with Gasteiger partial charge < -0.3 is 33.1 Å². The Labute approximate surface area is 258 Å². The minimum atomic E-state index is -4.36. The highest BCUT2D eigenvalue weighted by molar-refractivity contribution is 8.07. The lowest BCUT2D eigenvalue weighted by Gasteiger charge is -2.25. The molecule has 1 fully saturated rings. The van der Waals surface area contributed by atoms with Crippen molar-refractivity contribution in [1.82, 2.24) is 39.3 Å². The summed E-state index contributed by atoms with van der Waals surface area (Å²) in [5, 5.41) is 4.10. The van der Waals surface area contributed by atoms with Crippen LogP contribution in [-0.2, 0) is 59.6 Å². The van der Waals surface area contributed by atoms with Crippen LogP contribution in [-0.4, -0.2) is 86.6 Å². The van der Waals surface area contributed by atoms with Crippen molar-refractivity contribution in [1.29, 1.82) is 0 Å². The average molecular weight is 717 g/mol. The third-order valence-corrected chi connectivity index (χ3v) is 10.2. The van der Waals surface area contributed by atoms with Gasteiger partial charge in [0.25, 0.3) is 11.5 Å². The number of thiazole rings is 1. The van der Waals surface area contributed by atoms with Gasteiger partial charge >= 0.3 is 13.4 Å². The van der Waals surface area contributed by atoms with E-state index in [9.17, 15) is 23.4 Å². The van der Waals surface area contributed by atoms with Crippen LogP contribution in [0.2, 0.25) is 0 Å². The van der Waals surface area contributed by atoms with E-state index in [0.29, 0.717) is 4.88 Å². The molecule has 44 heavy (non-hydrogen) atoms. The summed E-state index contributed by atoms with van der Waals surface area (Å²) in [5.41, 5.74) is 0.819. The monoisotopic (exact) mass is 716 g/mol. The van der Waals surface area contributed by atoms with Crippen LogP contribution in [0.25, 0.3) is 21.9 Å². The molecule has 4 aromatic rings. The molecule has 1 saturated heterocycles. The maximum atomic E-state index is 15.9. The summed E-state index contributed by atoms with van der Waals surface area (Å²) in [7, 11) is 0. The molecule has 6 atom stereocenters. The zero-order chi connectivity index (χ0) is 31.4. The summed E-state index contributed by atoms with van der Waals surface area (Å²) in [6.07, 6.45) is -4.24. The molecular formula is C20H21F3N8O8P2S3. The fourth-order valence-corrected chi connectivity index (χ4v) is 7.37. The summed E-state index contributed by atoms with van der Waals surface area (Å²) in [6, 6.07) is 0. The van der Waals surface area contributed by atoms with Crippen LogP contribution in [0.3, 0.4) is 0 Å². The van der Waals surface area contributed by atoms with Gasteiger partial charge in [-0.3, -0.25) is 18.9 Å². The highest BCUT2D eigenvalue weighted by atomic mass is 32.5. The van der Waals surface area contributed by atoms with Crippen LogP contribution in [0.5, 0.6) is 0 Å². The molecule has 6 heterocycles. The largest absolute Gasteiger partial charge is 0.346 e. The zero-order valence-electron chi connectivity index (χ0n) is 22.1. The molecule has 3 N–H and O–H groups in total. The van der Waals surface area contributed by atoms with Crippen molar-refractivity contribution in [3.63, 3.8) is 0 Å². The molecule has 2 unspecified atom stereocenters. The molecule has 6 rings (SSSR count). The van der Waals surface area contributed by atoms with E-state index in [-0.39, 0.29) is 28.6 Å². The van der Waals surface area contributed by atoms with E-state index >= 15 is 4.39 Å². The maximum Gasteiger partial charge on any atom is 0.325 e. The Bertz CT molecular complexity index is 1840. The van der Waals surface area contributed by atoms with Crippen molar-refractivity contribution in [3.05, 3.63) is 40.0 Å². The zero-order valence-corrected chi connectivity index (χ0v) is 26.3. The molecule has 24 heteroatoms. The van der Waals surface area contributed by atoms with Crippen LogP contribution >= 0.6 is 24.8 Å². The summed E-state index contributed by atoms with van der Waals surface area (Å²) >= 11 is 11.2. The first-order valence-corrected chi connectivity index (χ1v) is 18.5. The van der Waals surface area contributed by atoms with Crippen LogP contribution in [0.4, 0.5) is 13.2 Å². The summed E-state index contributed by atoms with van der Waals surface area (Å²) < 4.78 is 74.7. The Balaban J connectivity index is 1.37. The highest BCUT2D eigenvalue weighted by Gasteiger charge is 2.50. The van der Waals surface area contributed by atoms with Crippen LogP contribution < -0.4 is 5.56 Å². The molecule has 0 amide bonds. The SMILES string of the molecule is Cc1nc2c(ncn2[C@@H]2O[C@@H]3COP(O)(=S)OCC(F)(F)Cn4nc(-c5cncs5)nc4COP(O)(=S)O[C@@H]2[C@@H]3F)c(=O)[nH]1. The number of aromatic amines is 1. The van der Waals surface area contributed by atoms with E-state index in [1.165, 1.54) is 23.2 Å². The van der Waals surface area contributed by atoms with E-state index < -0.39 is 75.9 Å². The minimum absolute atomic E-state index is 0.00166. The Morgan fingerprint density at radius 2 is 2.00 bits per heavy atom. The Morgan fingerprint density at radius 3 is 2.75 bits per heavy atom. The lowest BCUT2D eigenvalue weighted by atomic mass is 10.1. The van der Waals surface area contributed by atoms with Crippen molar-refractivity contribution >= 4 is 59.6 Å². The predicted octanol–water partition coefficient (Wildman–Crippen LogP) is 2.10. The van der Waals surface area contributed by atoms with Gasteiger partial charge in [0.2, 0.25) is 0 Å². The lowest BCUT2D eigenvalue weighted by molar-refractivity contribution is -0.0667. The quantitative estimate of drug-likeness (QED) is 0.255. The van der Waals surface area contributed by atoms with Crippen LogP contribution in [0.15, 0.2) is 22.8 Å². The standard InChI is InChI=1S/C20H21F3N8O8P2S3/c1-9-26-17-14(18(32)27-9)25-7-30(17)19-15-13(21)10(38-19)3-35-40(33,42)37-6-20(22,23)5-31-12(4-36-41(34,43)39-15)28-16(29-31)11-2-24-8-44-11/h2,7-8,10,13,15,19H,3-6H2,1H3,(H,33,42)(H,34,43)(H,26,27,32)/t10-,13-,15-,19-,40?,41?/m1/s1. The van der Waals surface area contributed by atoms with Crippen molar-refractivity contribution in [2.24, 2.45) is 0 Å². The number of imidazole rings is 1. The fraction of sp³-hybridized carbons (Fsp3) is 0.500. The van der Waals surface area contributed by atoms with Gasteiger partial charge in [-0.25, -0.2) is 32.8 Å². The van der Waals surface area contributed by atoms with Crippen LogP contribution in [0, 0.1) is 6.92 Å². The van der Waals surface area contributed by atoms with Gasteiger partial charge in [-0.05, 0) is 30.5 Å². The molecule has 0 saturated carbocycles. The van der Waals surface area contributed by atoms with Gasteiger partial charge in [-0.1, -0.05) is 0 Å². The van der Waals surface area contributed by atoms with Crippen molar-refractivity contribution in [2.75, 3.05) is 13.2 Å². The number of rotatable bonds is 2. The number of aryl methyl sites for hydroxylation is 1. The topological polar surface area (TPSA) is 194 Å². The second-order valence-corrected chi connectivity index (χ2v) is 16.1. The van der Waals surface area contributed by atoms with Gasteiger partial charge in [-0.2, -0.15) is 0 Å². The first-order valence-electron chi connectivity index (χ1n) is 12.4. The van der Waals surface area contributed by atoms with Gasteiger partial charge in [0.05, 0.1) is 23.3 Å². The first-order chi connectivity index (χ1) is 20.7. The fourth-order valence-electron chi connectivity index (χ4n) is 4.40. The van der Waals surface area contributed by atoms with Gasteiger partial charge in [0.15, 0.2) is 35.2 Å². The molecule has 0 aromatic carbocycles. The molecule has 2 aliphatic rings. The van der Waals surface area contributed by atoms with E-state index in [1.54, 1.807) is 0 Å². The highest BCUT2D eigenvalue weighted by Crippen LogP contribution is 2.52. The third-order valence-electron chi connectivity index (χ3n) is 6.32. The molecule has 2 aliphatic heterocycles. The Kier molecular flexibility index (Phi) is 8.65. The lowest BCUT2D eigenvalue weighted by Crippen LogP contribution is -2.33. The van der Waals surface area contributed by atoms with Gasteiger partial charge in [0.1, 0.15) is 37.8 Å². The minimum Gasteiger partial charge on any atom is -0.346 e. The smallest absolute Gasteiger partial charge is 0.325 e. The summed E-state index contributed by atoms with van der Waals surface area (Å²) in [5.74, 6) is -3.61. The average Bonchev–Trinajstić information content (AvgIpc) is 3.73. The molecule has 0 spiro atoms. The number of halogens is 3. The molecule has 2 bridgehead atoms. The summed E-state index contributed by atoms with van der Waals surface area (Å²) in [4.78, 5) is 53.2. The molecular weight excluding hydrogens is 695 g/mol. The number of fused-ring (bicyclic) bond motifs is 4. The van der Waals surface area contributed by atoms with E-state index in [2.05, 4.69) is 30.0 Å². The normalized spacial score (nSPS) is 31.7. The molecule has 4 aromatic heterocycles. The van der Waals surface area contributed by atoms with E-state index in [0.717, 1.165) is 22.3 Å². The van der Waals surface area contributed by atoms with Gasteiger partial charge in [0, 0.05) is 6.20 Å². The molecule has 0 aliphatic carbocycles. The second kappa shape index (κ2) is 11.9. The first kappa shape index (κ1) is 31.9. The van der Waals surface area contributed by atoms with Crippen molar-refractivity contribution < 1.29 is 45.8 Å². The molecule has 16 nitrogen and oxygen atoms in total. The number of nitrogens with zero attached hydrogens (tertiary/aromatic N) is 7. The number of alkyl halides is 3. The summed E-state index contributed by atoms with van der Waals surface area (Å²) in [6.45, 7) is -11.1. The predicted molar refractivity (Wildman–Crippen MR) is 152 cm³/mol. The van der Waals surface area contributed by atoms with E-state index in [4.69, 9.17) is 46.4 Å². The van der Waals surface area contributed by atoms with Crippen LogP contribution in [0.1, 0.15) is 17.9 Å². The van der Waals surface area contributed by atoms with Crippen molar-refractivity contribution in [2.45, 2.75) is 50.6 Å². The number of aromatic nitrogens is 8. The van der Waals surface area contributed by atoms with E-state index in [1.807, 2.05) is 0 Å². The second-order valence-electron chi connectivity index (χ2n) is 9.57. The third kappa shape index (κ3) is 6.72.